The second-order valence-corrected chi connectivity index (χ2v) is 5.02. The summed E-state index contributed by atoms with van der Waals surface area (Å²) < 4.78 is 1.84. The first kappa shape index (κ1) is 14.0. The summed E-state index contributed by atoms with van der Waals surface area (Å²) in [6.07, 6.45) is 4.02. The van der Waals surface area contributed by atoms with Crippen molar-refractivity contribution in [2.24, 2.45) is 7.05 Å². The van der Waals surface area contributed by atoms with Gasteiger partial charge in [-0.2, -0.15) is 5.10 Å². The molecule has 0 amide bonds. The SMILES string of the molecule is Cc1c(Nc2cnccc2C=O)nn(C)c1-c1ccccc1. The van der Waals surface area contributed by atoms with Crippen LogP contribution < -0.4 is 5.32 Å². The third kappa shape index (κ3) is 2.48. The molecule has 110 valence electrons. The number of aryl methyl sites for hydroxylation is 1. The van der Waals surface area contributed by atoms with E-state index in [1.165, 1.54) is 0 Å². The van der Waals surface area contributed by atoms with Crippen LogP contribution in [0.1, 0.15) is 15.9 Å². The smallest absolute Gasteiger partial charge is 0.156 e. The van der Waals surface area contributed by atoms with Gasteiger partial charge in [-0.05, 0) is 13.0 Å². The molecule has 2 aromatic heterocycles. The van der Waals surface area contributed by atoms with Gasteiger partial charge in [-0.3, -0.25) is 14.5 Å². The number of nitrogens with one attached hydrogen (secondary N) is 1. The molecule has 1 N–H and O–H groups in total. The minimum atomic E-state index is 0.557. The highest BCUT2D eigenvalue weighted by atomic mass is 16.1. The minimum Gasteiger partial charge on any atom is -0.337 e. The zero-order chi connectivity index (χ0) is 15.5. The predicted octanol–water partition coefficient (Wildman–Crippen LogP) is 3.35. The van der Waals surface area contributed by atoms with Gasteiger partial charge in [-0.1, -0.05) is 30.3 Å². The molecule has 3 aromatic rings. The quantitative estimate of drug-likeness (QED) is 0.749. The predicted molar refractivity (Wildman–Crippen MR) is 86.3 cm³/mol. The summed E-state index contributed by atoms with van der Waals surface area (Å²) >= 11 is 0. The lowest BCUT2D eigenvalue weighted by molar-refractivity contribution is 0.112. The number of hydrogen-bond acceptors (Lipinski definition) is 4. The van der Waals surface area contributed by atoms with Crippen molar-refractivity contribution in [2.45, 2.75) is 6.92 Å². The van der Waals surface area contributed by atoms with Crippen LogP contribution in [0.2, 0.25) is 0 Å². The molecule has 0 fully saturated rings. The van der Waals surface area contributed by atoms with E-state index < -0.39 is 0 Å². The Kier molecular flexibility index (Phi) is 3.70. The highest BCUT2D eigenvalue weighted by molar-refractivity contribution is 5.85. The number of nitrogens with zero attached hydrogens (tertiary/aromatic N) is 3. The maximum absolute atomic E-state index is 11.1. The fraction of sp³-hybridized carbons (Fsp3) is 0.118. The van der Waals surface area contributed by atoms with E-state index in [9.17, 15) is 4.79 Å². The van der Waals surface area contributed by atoms with E-state index in [0.717, 1.165) is 28.9 Å². The van der Waals surface area contributed by atoms with Crippen LogP contribution in [-0.4, -0.2) is 21.1 Å². The molecule has 0 saturated carbocycles. The van der Waals surface area contributed by atoms with E-state index >= 15 is 0 Å². The lowest BCUT2D eigenvalue weighted by Crippen LogP contribution is -1.98. The van der Waals surface area contributed by atoms with Crippen LogP contribution in [0.15, 0.2) is 48.8 Å². The molecule has 0 aliphatic heterocycles. The average molecular weight is 292 g/mol. The third-order valence-electron chi connectivity index (χ3n) is 3.57. The number of aromatic nitrogens is 3. The summed E-state index contributed by atoms with van der Waals surface area (Å²) in [7, 11) is 1.91. The average Bonchev–Trinajstić information content (AvgIpc) is 2.83. The number of carbonyl (C=O) groups excluding carboxylic acids is 1. The van der Waals surface area contributed by atoms with Gasteiger partial charge in [0.05, 0.1) is 17.6 Å². The number of anilines is 2. The first-order valence-corrected chi connectivity index (χ1v) is 6.96. The van der Waals surface area contributed by atoms with Crippen molar-refractivity contribution in [2.75, 3.05) is 5.32 Å². The van der Waals surface area contributed by atoms with Gasteiger partial charge in [0.1, 0.15) is 0 Å². The maximum atomic E-state index is 11.1. The molecule has 1 aromatic carbocycles. The van der Waals surface area contributed by atoms with Gasteiger partial charge in [0.15, 0.2) is 12.1 Å². The topological polar surface area (TPSA) is 59.8 Å². The molecule has 5 heteroatoms. The van der Waals surface area contributed by atoms with E-state index in [2.05, 4.69) is 27.5 Å². The Morgan fingerprint density at radius 2 is 1.95 bits per heavy atom. The molecule has 0 aliphatic carbocycles. The van der Waals surface area contributed by atoms with Crippen molar-refractivity contribution in [1.29, 1.82) is 0 Å². The van der Waals surface area contributed by atoms with Gasteiger partial charge >= 0.3 is 0 Å². The van der Waals surface area contributed by atoms with Crippen molar-refractivity contribution in [3.63, 3.8) is 0 Å². The maximum Gasteiger partial charge on any atom is 0.156 e. The number of carbonyl (C=O) groups is 1. The van der Waals surface area contributed by atoms with Crippen LogP contribution in [0.4, 0.5) is 11.5 Å². The molecule has 0 spiro atoms. The fourth-order valence-corrected chi connectivity index (χ4v) is 2.49. The molecule has 22 heavy (non-hydrogen) atoms. The normalized spacial score (nSPS) is 10.5. The Bertz CT molecular complexity index is 809. The highest BCUT2D eigenvalue weighted by Crippen LogP contribution is 2.29. The molecule has 5 nitrogen and oxygen atoms in total. The van der Waals surface area contributed by atoms with Gasteiger partial charge in [0.2, 0.25) is 0 Å². The van der Waals surface area contributed by atoms with Crippen molar-refractivity contribution in [3.05, 3.63) is 59.9 Å². The van der Waals surface area contributed by atoms with Crippen LogP contribution in [0.3, 0.4) is 0 Å². The number of pyridine rings is 1. The number of rotatable bonds is 4. The lowest BCUT2D eigenvalue weighted by atomic mass is 10.1. The summed E-state index contributed by atoms with van der Waals surface area (Å²) in [6, 6.07) is 11.8. The van der Waals surface area contributed by atoms with E-state index in [1.807, 2.05) is 36.9 Å². The number of aldehydes is 1. The summed E-state index contributed by atoms with van der Waals surface area (Å²) in [6.45, 7) is 2.01. The zero-order valence-electron chi connectivity index (χ0n) is 12.4. The Morgan fingerprint density at radius 1 is 1.18 bits per heavy atom. The second-order valence-electron chi connectivity index (χ2n) is 5.02. The summed E-state index contributed by atoms with van der Waals surface area (Å²) in [5.41, 5.74) is 4.37. The molecular formula is C17H16N4O. The largest absolute Gasteiger partial charge is 0.337 e. The van der Waals surface area contributed by atoms with Crippen LogP contribution in [0, 0.1) is 6.92 Å². The van der Waals surface area contributed by atoms with Crippen molar-refractivity contribution in [3.8, 4) is 11.3 Å². The summed E-state index contributed by atoms with van der Waals surface area (Å²) in [5, 5.41) is 7.72. The first-order chi connectivity index (χ1) is 10.7. The molecule has 0 atom stereocenters. The highest BCUT2D eigenvalue weighted by Gasteiger charge is 2.15. The Balaban J connectivity index is 2.02. The van der Waals surface area contributed by atoms with Gasteiger partial charge in [-0.15, -0.1) is 0 Å². The van der Waals surface area contributed by atoms with E-state index in [1.54, 1.807) is 18.5 Å². The van der Waals surface area contributed by atoms with Crippen molar-refractivity contribution >= 4 is 17.8 Å². The standard InChI is InChI=1S/C17H16N4O/c1-12-16(13-6-4-3-5-7-13)21(2)20-17(12)19-15-10-18-9-8-14(15)11-22/h3-11H,1-2H3,(H,19,20). The molecule has 0 radical (unpaired) electrons. The molecule has 0 aliphatic rings. The first-order valence-electron chi connectivity index (χ1n) is 6.96. The second kappa shape index (κ2) is 5.81. The Morgan fingerprint density at radius 3 is 2.68 bits per heavy atom. The van der Waals surface area contributed by atoms with Crippen LogP contribution >= 0.6 is 0 Å². The molecular weight excluding hydrogens is 276 g/mol. The third-order valence-corrected chi connectivity index (χ3v) is 3.57. The molecule has 0 bridgehead atoms. The van der Waals surface area contributed by atoms with Crippen LogP contribution in [0.5, 0.6) is 0 Å². The van der Waals surface area contributed by atoms with Crippen molar-refractivity contribution < 1.29 is 4.79 Å². The molecule has 0 saturated heterocycles. The molecule has 3 rings (SSSR count). The Hall–Kier alpha value is -2.95. The zero-order valence-corrected chi connectivity index (χ0v) is 12.4. The number of hydrogen-bond donors (Lipinski definition) is 1. The summed E-state index contributed by atoms with van der Waals surface area (Å²) in [5.74, 6) is 0.720. The van der Waals surface area contributed by atoms with E-state index in [-0.39, 0.29) is 0 Å². The monoisotopic (exact) mass is 292 g/mol. The van der Waals surface area contributed by atoms with Gasteiger partial charge in [0.25, 0.3) is 0 Å². The lowest BCUT2D eigenvalue weighted by Gasteiger charge is -2.06. The number of benzene rings is 1. The van der Waals surface area contributed by atoms with Crippen LogP contribution in [-0.2, 0) is 7.05 Å². The van der Waals surface area contributed by atoms with Crippen LogP contribution in [0.25, 0.3) is 11.3 Å². The van der Waals surface area contributed by atoms with E-state index in [4.69, 9.17) is 0 Å². The fourth-order valence-electron chi connectivity index (χ4n) is 2.49. The molecule has 2 heterocycles. The minimum absolute atomic E-state index is 0.557. The molecule has 0 unspecified atom stereocenters. The van der Waals surface area contributed by atoms with E-state index in [0.29, 0.717) is 11.3 Å². The Labute approximate surface area is 128 Å². The van der Waals surface area contributed by atoms with Gasteiger partial charge in [-0.25, -0.2) is 0 Å². The van der Waals surface area contributed by atoms with Gasteiger partial charge in [0, 0.05) is 29.9 Å². The van der Waals surface area contributed by atoms with Gasteiger partial charge < -0.3 is 5.32 Å². The summed E-state index contributed by atoms with van der Waals surface area (Å²) in [4.78, 5) is 15.2. The van der Waals surface area contributed by atoms with Crippen molar-refractivity contribution in [1.82, 2.24) is 14.8 Å².